The van der Waals surface area contributed by atoms with E-state index in [0.717, 1.165) is 16.5 Å². The van der Waals surface area contributed by atoms with Crippen LogP contribution >= 0.6 is 0 Å². The first kappa shape index (κ1) is 60.6. The van der Waals surface area contributed by atoms with Gasteiger partial charge in [0.2, 0.25) is 47.3 Å². The van der Waals surface area contributed by atoms with Gasteiger partial charge in [0.05, 0.1) is 94.3 Å². The normalized spacial score (nSPS) is 10.8. The van der Waals surface area contributed by atoms with Crippen LogP contribution in [0.4, 0.5) is 38.7 Å². The van der Waals surface area contributed by atoms with Crippen LogP contribution in [0.3, 0.4) is 0 Å². The van der Waals surface area contributed by atoms with Gasteiger partial charge in [0.15, 0.2) is 50.4 Å². The van der Waals surface area contributed by atoms with Crippen molar-refractivity contribution in [1.29, 1.82) is 0 Å². The number of ether oxygens (including phenoxy) is 6. The third-order valence-corrected chi connectivity index (χ3v) is 12.1. The molecule has 9 N–H and O–H groups in total. The number of carbonyl (C=O) groups is 1. The summed E-state index contributed by atoms with van der Waals surface area (Å²) in [6.07, 6.45) is 8.73. The lowest BCUT2D eigenvalue weighted by atomic mass is 10.1. The molecule has 0 saturated carbocycles. The van der Waals surface area contributed by atoms with E-state index in [-0.39, 0.29) is 29.7 Å². The number of nitrogen functional groups attached to an aromatic ring is 4. The predicted molar refractivity (Wildman–Crippen MR) is 327 cm³/mol. The predicted octanol–water partition coefficient (Wildman–Crippen LogP) is 8.33. The molecule has 0 aliphatic rings. The van der Waals surface area contributed by atoms with Gasteiger partial charge in [-0.05, 0) is 70.2 Å². The molecule has 0 aliphatic heterocycles. The molecule has 13 aromatic rings. The summed E-state index contributed by atoms with van der Waals surface area (Å²) in [5.41, 5.74) is 31.3. The van der Waals surface area contributed by atoms with Crippen LogP contribution in [0.15, 0.2) is 119 Å². The van der Waals surface area contributed by atoms with E-state index in [0.29, 0.717) is 140 Å². The van der Waals surface area contributed by atoms with E-state index in [2.05, 4.69) is 95.0 Å². The Morgan fingerprint density at radius 2 is 0.967 bits per heavy atom. The van der Waals surface area contributed by atoms with Gasteiger partial charge in [-0.15, -0.1) is 0 Å². The smallest absolute Gasteiger partial charge is 0.411 e. The van der Waals surface area contributed by atoms with E-state index in [1.54, 1.807) is 49.1 Å². The molecule has 32 heteroatoms. The number of aromatic nitrogens is 17. The van der Waals surface area contributed by atoms with Crippen LogP contribution in [0.25, 0.3) is 101 Å². The molecule has 10 aromatic heterocycles. The zero-order chi connectivity index (χ0) is 63.3. The SMILES string of the molecule is CCOc1nc(N)nc2ncc(-c3cc(F)ccc3OC)nc12.CCOc1nc(N)nc2ncc(-c3cc4ccccc4o3)nc12.CCOc1nc(N)nc2ncc(-c3ccc(NC(=O)OC)cc3)nc12.CCOc1nc(N)nc2ncc(-c3cnoc3)nc12. The number of amides is 1. The molecule has 0 saturated heterocycles. The molecule has 1 amide bonds. The molecule has 90 heavy (non-hydrogen) atoms. The second-order valence-corrected chi connectivity index (χ2v) is 18.1. The van der Waals surface area contributed by atoms with Crippen molar-refractivity contribution in [3.63, 3.8) is 0 Å². The van der Waals surface area contributed by atoms with Crippen molar-refractivity contribution in [2.75, 3.05) is 68.9 Å². The number of nitrogens with zero attached hydrogens (tertiary/aromatic N) is 17. The van der Waals surface area contributed by atoms with Crippen LogP contribution < -0.4 is 51.9 Å². The van der Waals surface area contributed by atoms with Gasteiger partial charge in [-0.25, -0.2) is 49.1 Å². The van der Waals surface area contributed by atoms with E-state index in [1.807, 2.05) is 58.0 Å². The number of benzene rings is 3. The minimum Gasteiger partial charge on any atom is -0.496 e. The number of para-hydroxylation sites is 1. The van der Waals surface area contributed by atoms with E-state index in [1.165, 1.54) is 44.9 Å². The number of nitrogens with two attached hydrogens (primary N) is 4. The average Bonchev–Trinajstić information content (AvgIpc) is 1.60. The number of nitrogens with one attached hydrogen (secondary N) is 1. The summed E-state index contributed by atoms with van der Waals surface area (Å²) in [7, 11) is 2.81. The largest absolute Gasteiger partial charge is 0.496 e. The van der Waals surface area contributed by atoms with Crippen molar-refractivity contribution in [2.24, 2.45) is 0 Å². The number of halogens is 1. The number of carbonyl (C=O) groups excluding carboxylic acids is 1. The average molecular weight is 1220 g/mol. The Balaban J connectivity index is 0.000000133. The number of hydrogen-bond donors (Lipinski definition) is 5. The highest BCUT2D eigenvalue weighted by atomic mass is 19.1. The molecule has 0 radical (unpaired) electrons. The quantitative estimate of drug-likeness (QED) is 0.0682. The van der Waals surface area contributed by atoms with E-state index in [9.17, 15) is 9.18 Å². The van der Waals surface area contributed by atoms with Gasteiger partial charge >= 0.3 is 6.09 Å². The van der Waals surface area contributed by atoms with Crippen molar-refractivity contribution in [3.05, 3.63) is 116 Å². The van der Waals surface area contributed by atoms with Crippen molar-refractivity contribution >= 4 is 91.2 Å². The number of anilines is 5. The van der Waals surface area contributed by atoms with Gasteiger partial charge in [-0.1, -0.05) is 35.5 Å². The second-order valence-electron chi connectivity index (χ2n) is 18.1. The number of fused-ring (bicyclic) bond motifs is 5. The standard InChI is InChI=1S/C16H16N6O3.C16H13N5O2.C15H14FN5O2.C11H10N6O2/c1-3-25-14-12-13(21-15(17)22-14)18-8-11(20-12)9-4-6-10(7-5-9)19-16(23)24-2;1-2-22-15-13-14(20-16(17)21-15)18-8-10(19-13)12-7-9-5-3-4-6-11(9)23-12;1-3-23-14-12-13(20-15(17)21-14)18-7-10(19-12)9-6-8(16)4-5-11(9)22-2;1-2-18-10-8-9(16-11(12)17-10)13-4-7(15-8)6-3-14-19-5-6/h4-8H,3H2,1-2H3,(H,19,23)(H2,17,18,21,22);3-8H,2H2,1H3,(H2,17,18,20,21);4-7H,3H2,1-2H3,(H2,17,18,20,21);3-5H,2H2,1H3,(H2,12,13,16,17). The zero-order valence-electron chi connectivity index (χ0n) is 48.7. The summed E-state index contributed by atoms with van der Waals surface area (Å²) in [6.45, 7) is 9.08. The number of furan rings is 1. The maximum Gasteiger partial charge on any atom is 0.411 e. The minimum absolute atomic E-state index is 0.0475. The topological polar surface area (TPSA) is 434 Å². The maximum atomic E-state index is 13.6. The second kappa shape index (κ2) is 27.7. The molecule has 456 valence electrons. The summed E-state index contributed by atoms with van der Waals surface area (Å²) in [4.78, 5) is 78.5. The number of rotatable bonds is 14. The Labute approximate surface area is 507 Å². The Kier molecular flexibility index (Phi) is 18.6. The van der Waals surface area contributed by atoms with Crippen LogP contribution in [0.2, 0.25) is 0 Å². The molecule has 3 aromatic carbocycles. The first-order valence-electron chi connectivity index (χ1n) is 27.1. The van der Waals surface area contributed by atoms with Crippen molar-refractivity contribution < 1.29 is 46.5 Å². The zero-order valence-corrected chi connectivity index (χ0v) is 48.7. The highest BCUT2D eigenvalue weighted by Gasteiger charge is 2.19. The molecule has 0 atom stereocenters. The summed E-state index contributed by atoms with van der Waals surface area (Å²) >= 11 is 0. The van der Waals surface area contributed by atoms with Gasteiger partial charge in [0.25, 0.3) is 0 Å². The summed E-state index contributed by atoms with van der Waals surface area (Å²) in [5.74, 6) is 2.20. The fourth-order valence-corrected chi connectivity index (χ4v) is 8.28. The van der Waals surface area contributed by atoms with Crippen molar-refractivity contribution in [3.8, 4) is 74.5 Å². The Morgan fingerprint density at radius 3 is 1.42 bits per heavy atom. The molecule has 31 nitrogen and oxygen atoms in total. The van der Waals surface area contributed by atoms with Crippen molar-refractivity contribution in [1.82, 2.24) is 84.9 Å². The van der Waals surface area contributed by atoms with Crippen LogP contribution in [0.5, 0.6) is 29.3 Å². The fraction of sp³-hybridized carbons (Fsp3) is 0.172. The van der Waals surface area contributed by atoms with Gasteiger partial charge in [0, 0.05) is 22.2 Å². The van der Waals surface area contributed by atoms with E-state index < -0.39 is 11.9 Å². The van der Waals surface area contributed by atoms with Gasteiger partial charge in [0.1, 0.15) is 29.1 Å². The Hall–Kier alpha value is -12.5. The monoisotopic (exact) mass is 1220 g/mol. The molecule has 0 aliphatic carbocycles. The lowest BCUT2D eigenvalue weighted by Gasteiger charge is -2.10. The van der Waals surface area contributed by atoms with E-state index in [4.69, 9.17) is 55.6 Å². The van der Waals surface area contributed by atoms with Crippen LogP contribution in [-0.2, 0) is 4.74 Å². The summed E-state index contributed by atoms with van der Waals surface area (Å²) in [5, 5.41) is 7.21. The van der Waals surface area contributed by atoms with Gasteiger partial charge < -0.3 is 60.3 Å². The molecule has 0 unspecified atom stereocenters. The highest BCUT2D eigenvalue weighted by Crippen LogP contribution is 2.33. The molecule has 0 fully saturated rings. The van der Waals surface area contributed by atoms with Crippen LogP contribution in [0.1, 0.15) is 27.7 Å². The molecule has 0 bridgehead atoms. The van der Waals surface area contributed by atoms with Crippen LogP contribution in [0, 0.1) is 5.82 Å². The molecular weight excluding hydrogens is 1170 g/mol. The third-order valence-electron chi connectivity index (χ3n) is 12.1. The lowest BCUT2D eigenvalue weighted by molar-refractivity contribution is 0.187. The number of methoxy groups -OCH3 is 2. The maximum absolute atomic E-state index is 13.6. The molecule has 0 spiro atoms. The highest BCUT2D eigenvalue weighted by molar-refractivity contribution is 5.87. The minimum atomic E-state index is -0.533. The van der Waals surface area contributed by atoms with Gasteiger partial charge in [-0.2, -0.15) is 39.9 Å². The first-order chi connectivity index (χ1) is 43.7. The van der Waals surface area contributed by atoms with Crippen molar-refractivity contribution in [2.45, 2.75) is 27.7 Å². The van der Waals surface area contributed by atoms with Gasteiger partial charge in [-0.3, -0.25) is 5.32 Å². The fourth-order valence-electron chi connectivity index (χ4n) is 8.28. The first-order valence-corrected chi connectivity index (χ1v) is 27.1. The van der Waals surface area contributed by atoms with Crippen LogP contribution in [-0.4, -0.2) is 132 Å². The Morgan fingerprint density at radius 1 is 0.511 bits per heavy atom. The number of hydrogen-bond acceptors (Lipinski definition) is 30. The summed E-state index contributed by atoms with van der Waals surface area (Å²) < 4.78 is 55.7. The summed E-state index contributed by atoms with van der Waals surface area (Å²) in [6, 6.07) is 20.9. The Bertz CT molecular complexity index is 4650. The lowest BCUT2D eigenvalue weighted by Crippen LogP contribution is -2.10. The molecule has 13 rings (SSSR count). The molecule has 10 heterocycles. The molecular formula is C58H53FN22O9. The van der Waals surface area contributed by atoms with E-state index >= 15 is 0 Å². The third kappa shape index (κ3) is 14.1.